The van der Waals surface area contributed by atoms with E-state index < -0.39 is 38.7 Å². The third-order valence-corrected chi connectivity index (χ3v) is 8.94. The fraction of sp³-hybridized carbons (Fsp3) is 0.552. The third-order valence-electron chi connectivity index (χ3n) is 7.14. The SMILES string of the molecule is CCOC(=O)CCc1cc(C(F)(F)F)cc(S(=O)(=O)N(C)C[C@H](O)CNC(C)(C)CC2Cc3ccccc3C2)c1. The van der Waals surface area contributed by atoms with Gasteiger partial charge in [-0.1, -0.05) is 24.3 Å². The van der Waals surface area contributed by atoms with Crippen LogP contribution in [0.1, 0.15) is 55.9 Å². The Kier molecular flexibility index (Phi) is 10.4. The molecule has 0 saturated carbocycles. The second-order valence-corrected chi connectivity index (χ2v) is 13.2. The number of rotatable bonds is 13. The van der Waals surface area contributed by atoms with E-state index in [-0.39, 0.29) is 43.6 Å². The molecule has 1 aliphatic carbocycles. The molecule has 0 unspecified atom stereocenters. The highest BCUT2D eigenvalue weighted by Gasteiger charge is 2.34. The van der Waals surface area contributed by atoms with Crippen molar-refractivity contribution in [2.45, 2.75) is 75.6 Å². The maximum Gasteiger partial charge on any atom is 0.416 e. The number of nitrogens with zero attached hydrogens (tertiary/aromatic N) is 1. The van der Waals surface area contributed by atoms with Crippen molar-refractivity contribution in [2.24, 2.45) is 5.92 Å². The Balaban J connectivity index is 1.63. The van der Waals surface area contributed by atoms with Gasteiger partial charge in [0.15, 0.2) is 0 Å². The van der Waals surface area contributed by atoms with Crippen LogP contribution in [0.4, 0.5) is 13.2 Å². The number of carbonyl (C=O) groups is 1. The topological polar surface area (TPSA) is 95.9 Å². The van der Waals surface area contributed by atoms with E-state index in [0.717, 1.165) is 35.7 Å². The minimum Gasteiger partial charge on any atom is -0.466 e. The van der Waals surface area contributed by atoms with Crippen LogP contribution in [0.2, 0.25) is 0 Å². The lowest BCUT2D eigenvalue weighted by molar-refractivity contribution is -0.143. The quantitative estimate of drug-likeness (QED) is 0.340. The van der Waals surface area contributed by atoms with E-state index >= 15 is 0 Å². The molecule has 2 aromatic rings. The Morgan fingerprint density at radius 3 is 2.35 bits per heavy atom. The number of carbonyl (C=O) groups excluding carboxylic acids is 1. The molecular weight excluding hydrogens is 545 g/mol. The lowest BCUT2D eigenvalue weighted by Gasteiger charge is -2.31. The predicted molar refractivity (Wildman–Crippen MR) is 146 cm³/mol. The van der Waals surface area contributed by atoms with Gasteiger partial charge in [-0.15, -0.1) is 0 Å². The highest BCUT2D eigenvalue weighted by molar-refractivity contribution is 7.89. The van der Waals surface area contributed by atoms with E-state index in [1.165, 1.54) is 18.2 Å². The van der Waals surface area contributed by atoms with Crippen LogP contribution in [0, 0.1) is 5.92 Å². The van der Waals surface area contributed by atoms with E-state index in [4.69, 9.17) is 4.74 Å². The number of β-amino-alcohol motifs (C(OH)–C–C–N with tert-alkyl or cyclic N) is 1. The zero-order chi connectivity index (χ0) is 29.7. The molecule has 222 valence electrons. The summed E-state index contributed by atoms with van der Waals surface area (Å²) in [6, 6.07) is 10.9. The number of halogens is 3. The zero-order valence-corrected chi connectivity index (χ0v) is 24.2. The van der Waals surface area contributed by atoms with Gasteiger partial charge in [0.25, 0.3) is 0 Å². The Labute approximate surface area is 234 Å². The first-order chi connectivity index (χ1) is 18.6. The zero-order valence-electron chi connectivity index (χ0n) is 23.4. The second-order valence-electron chi connectivity index (χ2n) is 11.1. The number of ether oxygens (including phenoxy) is 1. The molecule has 1 atom stereocenters. The molecule has 0 bridgehead atoms. The standard InChI is InChI=1S/C29H39F3N2O5S/c1-5-39-27(36)11-10-20-14-24(29(30,31)32)16-26(15-20)40(37,38)34(4)19-25(35)18-33-28(2,3)17-21-12-22-8-6-7-9-23(22)13-21/h6-9,14-16,21,25,33,35H,5,10-13,17-19H2,1-4H3/t25-/m1/s1. The summed E-state index contributed by atoms with van der Waals surface area (Å²) < 4.78 is 72.8. The van der Waals surface area contributed by atoms with Gasteiger partial charge in [-0.25, -0.2) is 8.42 Å². The van der Waals surface area contributed by atoms with Gasteiger partial charge in [-0.2, -0.15) is 17.5 Å². The fourth-order valence-electron chi connectivity index (χ4n) is 5.22. The number of likely N-dealkylation sites (N-methyl/N-ethyl adjacent to an activating group) is 1. The van der Waals surface area contributed by atoms with E-state index in [2.05, 4.69) is 17.4 Å². The lowest BCUT2D eigenvalue weighted by Crippen LogP contribution is -2.47. The average Bonchev–Trinajstić information content (AvgIpc) is 3.27. The molecule has 0 fully saturated rings. The van der Waals surface area contributed by atoms with Crippen LogP contribution in [0.25, 0.3) is 0 Å². The number of aliphatic hydroxyl groups excluding tert-OH is 1. The highest BCUT2D eigenvalue weighted by Crippen LogP contribution is 2.33. The van der Waals surface area contributed by atoms with Gasteiger partial charge in [0, 0.05) is 32.1 Å². The summed E-state index contributed by atoms with van der Waals surface area (Å²) in [5.41, 5.74) is 1.31. The van der Waals surface area contributed by atoms with E-state index in [1.54, 1.807) is 6.92 Å². The number of nitrogens with one attached hydrogen (secondary N) is 1. The molecule has 7 nitrogen and oxygen atoms in total. The molecule has 0 aliphatic heterocycles. The number of alkyl halides is 3. The molecule has 3 rings (SSSR count). The summed E-state index contributed by atoms with van der Waals surface area (Å²) in [6.07, 6.45) is -3.32. The van der Waals surface area contributed by atoms with Crippen molar-refractivity contribution in [3.05, 3.63) is 64.7 Å². The fourth-order valence-corrected chi connectivity index (χ4v) is 6.52. The number of hydrogen-bond donors (Lipinski definition) is 2. The van der Waals surface area contributed by atoms with Crippen molar-refractivity contribution in [1.82, 2.24) is 9.62 Å². The average molecular weight is 585 g/mol. The van der Waals surface area contributed by atoms with Crippen LogP contribution >= 0.6 is 0 Å². The minimum atomic E-state index is -4.78. The smallest absolute Gasteiger partial charge is 0.416 e. The molecule has 1 aliphatic rings. The molecule has 40 heavy (non-hydrogen) atoms. The summed E-state index contributed by atoms with van der Waals surface area (Å²) >= 11 is 0. The van der Waals surface area contributed by atoms with Crippen LogP contribution in [-0.2, 0) is 45.0 Å². The van der Waals surface area contributed by atoms with Crippen molar-refractivity contribution in [2.75, 3.05) is 26.7 Å². The molecule has 11 heteroatoms. The van der Waals surface area contributed by atoms with Crippen LogP contribution < -0.4 is 5.32 Å². The van der Waals surface area contributed by atoms with E-state index in [9.17, 15) is 31.5 Å². The van der Waals surface area contributed by atoms with Crippen molar-refractivity contribution >= 4 is 16.0 Å². The number of aryl methyl sites for hydroxylation is 1. The number of fused-ring (bicyclic) bond motifs is 1. The largest absolute Gasteiger partial charge is 0.466 e. The summed E-state index contributed by atoms with van der Waals surface area (Å²) in [7, 11) is -3.14. The highest BCUT2D eigenvalue weighted by atomic mass is 32.2. The number of sulfonamides is 1. The number of benzene rings is 2. The molecule has 0 spiro atoms. The number of esters is 1. The maximum absolute atomic E-state index is 13.6. The summed E-state index contributed by atoms with van der Waals surface area (Å²) in [5.74, 6) is -0.128. The molecule has 2 N–H and O–H groups in total. The van der Waals surface area contributed by atoms with Gasteiger partial charge in [-0.3, -0.25) is 4.79 Å². The lowest BCUT2D eigenvalue weighted by atomic mass is 9.88. The molecular formula is C29H39F3N2O5S. The normalized spacial score (nSPS) is 15.3. The molecule has 0 amide bonds. The number of hydrogen-bond acceptors (Lipinski definition) is 6. The van der Waals surface area contributed by atoms with Crippen molar-refractivity contribution in [1.29, 1.82) is 0 Å². The number of aliphatic hydroxyl groups is 1. The van der Waals surface area contributed by atoms with E-state index in [1.807, 2.05) is 26.0 Å². The maximum atomic E-state index is 13.6. The first-order valence-corrected chi connectivity index (χ1v) is 14.9. The van der Waals surface area contributed by atoms with Crippen molar-refractivity contribution in [3.8, 4) is 0 Å². The molecule has 0 aromatic heterocycles. The van der Waals surface area contributed by atoms with Crippen LogP contribution in [0.5, 0.6) is 0 Å². The van der Waals surface area contributed by atoms with Gasteiger partial charge < -0.3 is 15.2 Å². The van der Waals surface area contributed by atoms with Crippen LogP contribution in [0.15, 0.2) is 47.4 Å². The van der Waals surface area contributed by atoms with Crippen molar-refractivity contribution in [3.63, 3.8) is 0 Å². The second kappa shape index (κ2) is 13.0. The monoisotopic (exact) mass is 584 g/mol. The Morgan fingerprint density at radius 2 is 1.77 bits per heavy atom. The molecule has 0 radical (unpaired) electrons. The summed E-state index contributed by atoms with van der Waals surface area (Å²) in [5, 5.41) is 14.0. The van der Waals surface area contributed by atoms with Crippen molar-refractivity contribution < 1.29 is 36.2 Å². The summed E-state index contributed by atoms with van der Waals surface area (Å²) in [4.78, 5) is 11.1. The first kappa shape index (κ1) is 32.0. The molecule has 2 aromatic carbocycles. The minimum absolute atomic E-state index is 0.0490. The Hall–Kier alpha value is -2.47. The Morgan fingerprint density at radius 1 is 1.15 bits per heavy atom. The van der Waals surface area contributed by atoms with Crippen LogP contribution in [0.3, 0.4) is 0 Å². The van der Waals surface area contributed by atoms with E-state index in [0.29, 0.717) is 12.0 Å². The van der Waals surface area contributed by atoms with Gasteiger partial charge >= 0.3 is 12.1 Å². The first-order valence-electron chi connectivity index (χ1n) is 13.4. The molecule has 0 heterocycles. The van der Waals surface area contributed by atoms with Gasteiger partial charge in [0.05, 0.1) is 23.2 Å². The predicted octanol–water partition coefficient (Wildman–Crippen LogP) is 4.36. The van der Waals surface area contributed by atoms with Gasteiger partial charge in [-0.05, 0) is 87.3 Å². The van der Waals surface area contributed by atoms with Crippen LogP contribution in [-0.4, -0.2) is 62.2 Å². The Bertz CT molecular complexity index is 1260. The van der Waals surface area contributed by atoms with Gasteiger partial charge in [0.1, 0.15) is 0 Å². The third kappa shape index (κ3) is 8.76. The summed E-state index contributed by atoms with van der Waals surface area (Å²) in [6.45, 7) is 5.61. The van der Waals surface area contributed by atoms with Gasteiger partial charge in [0.2, 0.25) is 10.0 Å². The molecule has 0 saturated heterocycles.